The van der Waals surface area contributed by atoms with Gasteiger partial charge in [-0.3, -0.25) is 4.57 Å². The Labute approximate surface area is 189 Å². The lowest BCUT2D eigenvalue weighted by Crippen LogP contribution is -2.01. The quantitative estimate of drug-likeness (QED) is 0.324. The molecule has 0 fully saturated rings. The second kappa shape index (κ2) is 8.57. The Bertz CT molecular complexity index is 1310. The van der Waals surface area contributed by atoms with Gasteiger partial charge in [-0.1, -0.05) is 23.7 Å². The maximum atomic E-state index is 13.4. The molecule has 160 valence electrons. The molecule has 5 aromatic rings. The van der Waals surface area contributed by atoms with Crippen LogP contribution in [0.25, 0.3) is 28.1 Å². The number of para-hydroxylation sites is 2. The summed E-state index contributed by atoms with van der Waals surface area (Å²) < 4.78 is 23.4. The highest BCUT2D eigenvalue weighted by Crippen LogP contribution is 2.25. The summed E-state index contributed by atoms with van der Waals surface area (Å²) in [6.07, 6.45) is 1.93. The fraction of sp³-hybridized carbons (Fsp3) is 0.120. The predicted octanol–water partition coefficient (Wildman–Crippen LogP) is 5.94. The third-order valence-corrected chi connectivity index (χ3v) is 5.58. The van der Waals surface area contributed by atoms with Crippen molar-refractivity contribution >= 4 is 22.6 Å². The number of hydrogen-bond acceptors (Lipinski definition) is 3. The summed E-state index contributed by atoms with van der Waals surface area (Å²) in [5.74, 6) is 1.26. The number of halogens is 2. The van der Waals surface area contributed by atoms with Crippen molar-refractivity contribution in [2.75, 3.05) is 0 Å². The van der Waals surface area contributed by atoms with Gasteiger partial charge < -0.3 is 9.30 Å². The van der Waals surface area contributed by atoms with Crippen molar-refractivity contribution in [1.82, 2.24) is 19.1 Å². The van der Waals surface area contributed by atoms with E-state index in [0.717, 1.165) is 33.8 Å². The average molecular weight is 447 g/mol. The van der Waals surface area contributed by atoms with Gasteiger partial charge in [0.15, 0.2) is 0 Å². The van der Waals surface area contributed by atoms with Crippen LogP contribution in [0.3, 0.4) is 0 Å². The second-order valence-corrected chi connectivity index (χ2v) is 7.91. The Kier molecular flexibility index (Phi) is 5.47. The molecule has 0 saturated heterocycles. The van der Waals surface area contributed by atoms with E-state index >= 15 is 0 Å². The molecule has 0 aliphatic heterocycles. The minimum absolute atomic E-state index is 0.288. The third-order valence-electron chi connectivity index (χ3n) is 5.32. The van der Waals surface area contributed by atoms with Crippen LogP contribution in [0.4, 0.5) is 4.39 Å². The van der Waals surface area contributed by atoms with E-state index in [9.17, 15) is 4.39 Å². The van der Waals surface area contributed by atoms with E-state index in [2.05, 4.69) is 4.98 Å². The summed E-state index contributed by atoms with van der Waals surface area (Å²) in [6.45, 7) is 0.683. The van der Waals surface area contributed by atoms with Crippen molar-refractivity contribution < 1.29 is 9.13 Å². The molecule has 0 atom stereocenters. The van der Waals surface area contributed by atoms with Gasteiger partial charge in [-0.2, -0.15) is 0 Å². The van der Waals surface area contributed by atoms with Crippen LogP contribution >= 0.6 is 11.6 Å². The fourth-order valence-electron chi connectivity index (χ4n) is 3.67. The molecule has 0 saturated carbocycles. The molecule has 0 unspecified atom stereocenters. The first-order valence-corrected chi connectivity index (χ1v) is 10.5. The van der Waals surface area contributed by atoms with Crippen LogP contribution in [0.5, 0.6) is 0 Å². The van der Waals surface area contributed by atoms with Crippen LogP contribution in [-0.2, 0) is 25.0 Å². The molecule has 5 nitrogen and oxygen atoms in total. The lowest BCUT2D eigenvalue weighted by atomic mass is 10.2. The highest BCUT2D eigenvalue weighted by molar-refractivity contribution is 6.30. The van der Waals surface area contributed by atoms with E-state index in [-0.39, 0.29) is 5.82 Å². The lowest BCUT2D eigenvalue weighted by molar-refractivity contribution is 0.0981. The lowest BCUT2D eigenvalue weighted by Gasteiger charge is -2.08. The second-order valence-electron chi connectivity index (χ2n) is 7.48. The van der Waals surface area contributed by atoms with Gasteiger partial charge >= 0.3 is 0 Å². The standard InChI is InChI=1S/C25H20ClFN4O/c1-30-23-5-3-2-4-22(23)29-24(30)16-32-15-20-14-31(21-12-8-18(26)9-13-21)25(28-20)17-6-10-19(27)11-7-17/h2-14H,15-16H2,1H3. The van der Waals surface area contributed by atoms with E-state index in [1.54, 1.807) is 12.1 Å². The van der Waals surface area contributed by atoms with Gasteiger partial charge in [0.1, 0.15) is 24.1 Å². The van der Waals surface area contributed by atoms with Gasteiger partial charge in [0.25, 0.3) is 0 Å². The summed E-state index contributed by atoms with van der Waals surface area (Å²) in [7, 11) is 1.98. The molecule has 0 radical (unpaired) electrons. The first-order valence-electron chi connectivity index (χ1n) is 10.2. The molecule has 3 aromatic carbocycles. The minimum Gasteiger partial charge on any atom is -0.367 e. The number of aromatic nitrogens is 4. The molecule has 0 spiro atoms. The number of benzene rings is 3. The van der Waals surface area contributed by atoms with Gasteiger partial charge in [0.05, 0.1) is 23.3 Å². The van der Waals surface area contributed by atoms with Crippen LogP contribution in [-0.4, -0.2) is 19.1 Å². The minimum atomic E-state index is -0.288. The molecular weight excluding hydrogens is 427 g/mol. The Morgan fingerprint density at radius 3 is 2.41 bits per heavy atom. The predicted molar refractivity (Wildman–Crippen MR) is 123 cm³/mol. The molecule has 0 N–H and O–H groups in total. The first-order chi connectivity index (χ1) is 15.6. The highest BCUT2D eigenvalue weighted by atomic mass is 35.5. The van der Waals surface area contributed by atoms with E-state index in [0.29, 0.717) is 24.1 Å². The van der Waals surface area contributed by atoms with Gasteiger partial charge in [-0.15, -0.1) is 0 Å². The van der Waals surface area contributed by atoms with Gasteiger partial charge in [0, 0.05) is 29.5 Å². The summed E-state index contributed by atoms with van der Waals surface area (Å²) in [6, 6.07) is 21.8. The number of imidazole rings is 2. The van der Waals surface area contributed by atoms with Crippen molar-refractivity contribution in [2.45, 2.75) is 13.2 Å². The maximum absolute atomic E-state index is 13.4. The van der Waals surface area contributed by atoms with Crippen LogP contribution in [0.2, 0.25) is 5.02 Å². The SMILES string of the molecule is Cn1c(COCc2cn(-c3ccc(Cl)cc3)c(-c3ccc(F)cc3)n2)nc2ccccc21. The molecule has 0 aliphatic rings. The van der Waals surface area contributed by atoms with Gasteiger partial charge in [-0.25, -0.2) is 14.4 Å². The normalized spacial score (nSPS) is 11.3. The maximum Gasteiger partial charge on any atom is 0.144 e. The number of nitrogens with zero attached hydrogens (tertiary/aromatic N) is 4. The number of fused-ring (bicyclic) bond motifs is 1. The van der Waals surface area contributed by atoms with Gasteiger partial charge in [0.2, 0.25) is 0 Å². The Balaban J connectivity index is 1.41. The summed E-state index contributed by atoms with van der Waals surface area (Å²) >= 11 is 6.05. The topological polar surface area (TPSA) is 44.9 Å². The zero-order valence-electron chi connectivity index (χ0n) is 17.4. The van der Waals surface area contributed by atoms with Crippen molar-refractivity contribution in [3.05, 3.63) is 101 Å². The zero-order valence-corrected chi connectivity index (χ0v) is 18.1. The first kappa shape index (κ1) is 20.4. The van der Waals surface area contributed by atoms with E-state index in [1.807, 2.05) is 70.9 Å². The molecule has 2 heterocycles. The summed E-state index contributed by atoms with van der Waals surface area (Å²) in [4.78, 5) is 9.40. The summed E-state index contributed by atoms with van der Waals surface area (Å²) in [5.41, 5.74) is 4.49. The molecule has 0 amide bonds. The number of rotatable bonds is 6. The van der Waals surface area contributed by atoms with Crippen molar-refractivity contribution in [3.8, 4) is 17.1 Å². The van der Waals surface area contributed by atoms with Crippen molar-refractivity contribution in [1.29, 1.82) is 0 Å². The molecular formula is C25H20ClFN4O. The highest BCUT2D eigenvalue weighted by Gasteiger charge is 2.13. The number of aryl methyl sites for hydroxylation is 1. The molecule has 0 bridgehead atoms. The number of hydrogen-bond donors (Lipinski definition) is 0. The van der Waals surface area contributed by atoms with Crippen molar-refractivity contribution in [3.63, 3.8) is 0 Å². The molecule has 32 heavy (non-hydrogen) atoms. The fourth-order valence-corrected chi connectivity index (χ4v) is 3.80. The molecule has 5 rings (SSSR count). The average Bonchev–Trinajstić information content (AvgIpc) is 3.37. The largest absolute Gasteiger partial charge is 0.367 e. The Hall–Kier alpha value is -3.48. The van der Waals surface area contributed by atoms with E-state index in [1.165, 1.54) is 12.1 Å². The van der Waals surface area contributed by atoms with Gasteiger partial charge in [-0.05, 0) is 60.7 Å². The Morgan fingerprint density at radius 1 is 0.906 bits per heavy atom. The van der Waals surface area contributed by atoms with Crippen LogP contribution in [0, 0.1) is 5.82 Å². The Morgan fingerprint density at radius 2 is 1.66 bits per heavy atom. The van der Waals surface area contributed by atoms with E-state index < -0.39 is 0 Å². The molecule has 0 aliphatic carbocycles. The van der Waals surface area contributed by atoms with Crippen molar-refractivity contribution in [2.24, 2.45) is 7.05 Å². The summed E-state index contributed by atoms with van der Waals surface area (Å²) in [5, 5.41) is 0.656. The molecule has 2 aromatic heterocycles. The van der Waals surface area contributed by atoms with Crippen LogP contribution in [0.15, 0.2) is 79.0 Å². The van der Waals surface area contributed by atoms with E-state index in [4.69, 9.17) is 21.3 Å². The van der Waals surface area contributed by atoms with Crippen LogP contribution < -0.4 is 0 Å². The van der Waals surface area contributed by atoms with Crippen LogP contribution in [0.1, 0.15) is 11.5 Å². The number of ether oxygens (including phenoxy) is 1. The molecule has 7 heteroatoms. The third kappa shape index (κ3) is 4.02. The zero-order chi connectivity index (χ0) is 22.1. The smallest absolute Gasteiger partial charge is 0.144 e. The monoisotopic (exact) mass is 446 g/mol.